The SMILES string of the molecule is CN(C)c1nc(NC[C@H]2CC[C@H](CNS(=O)(=O)c3cc(Cl)ccc3Cl)CC2)nc2ccccc12. The third-order valence-corrected chi connectivity index (χ3v) is 8.41. The van der Waals surface area contributed by atoms with Gasteiger partial charge in [0.1, 0.15) is 10.7 Å². The van der Waals surface area contributed by atoms with Crippen molar-refractivity contribution in [2.75, 3.05) is 37.4 Å². The zero-order valence-electron chi connectivity index (χ0n) is 19.3. The summed E-state index contributed by atoms with van der Waals surface area (Å²) in [5.41, 5.74) is 0.916. The van der Waals surface area contributed by atoms with Gasteiger partial charge in [-0.05, 0) is 67.9 Å². The number of nitrogens with zero attached hydrogens (tertiary/aromatic N) is 3. The highest BCUT2D eigenvalue weighted by Crippen LogP contribution is 2.30. The molecule has 4 rings (SSSR count). The molecule has 1 aliphatic carbocycles. The fourth-order valence-electron chi connectivity index (χ4n) is 4.34. The van der Waals surface area contributed by atoms with E-state index in [1.165, 1.54) is 12.1 Å². The molecule has 2 aromatic carbocycles. The lowest BCUT2D eigenvalue weighted by Crippen LogP contribution is -2.32. The van der Waals surface area contributed by atoms with Gasteiger partial charge in [-0.15, -0.1) is 0 Å². The first-order valence-electron chi connectivity index (χ1n) is 11.4. The monoisotopic (exact) mass is 521 g/mol. The van der Waals surface area contributed by atoms with E-state index >= 15 is 0 Å². The molecule has 0 saturated heterocycles. The molecule has 0 radical (unpaired) electrons. The first-order valence-corrected chi connectivity index (χ1v) is 13.6. The topological polar surface area (TPSA) is 87.2 Å². The molecule has 0 unspecified atom stereocenters. The fourth-order valence-corrected chi connectivity index (χ4v) is 6.22. The first kappa shape index (κ1) is 25.0. The minimum absolute atomic E-state index is 0.0204. The summed E-state index contributed by atoms with van der Waals surface area (Å²) in [6, 6.07) is 12.5. The van der Waals surface area contributed by atoms with Crippen molar-refractivity contribution in [3.63, 3.8) is 0 Å². The van der Waals surface area contributed by atoms with Crippen LogP contribution in [0.5, 0.6) is 0 Å². The number of fused-ring (bicyclic) bond motifs is 1. The highest BCUT2D eigenvalue weighted by molar-refractivity contribution is 7.89. The molecule has 182 valence electrons. The number of benzene rings is 2. The lowest BCUT2D eigenvalue weighted by molar-refractivity contribution is 0.284. The molecule has 0 aliphatic heterocycles. The lowest BCUT2D eigenvalue weighted by Gasteiger charge is -2.29. The normalized spacial score (nSPS) is 18.7. The van der Waals surface area contributed by atoms with Gasteiger partial charge in [-0.3, -0.25) is 0 Å². The largest absolute Gasteiger partial charge is 0.362 e. The average molecular weight is 523 g/mol. The molecule has 2 N–H and O–H groups in total. The minimum atomic E-state index is -3.70. The Morgan fingerprint density at radius 3 is 2.35 bits per heavy atom. The molecule has 1 saturated carbocycles. The molecule has 1 heterocycles. The van der Waals surface area contributed by atoms with Crippen LogP contribution in [0.1, 0.15) is 25.7 Å². The predicted octanol–water partition coefficient (Wildman–Crippen LogP) is 5.20. The summed E-state index contributed by atoms with van der Waals surface area (Å²) in [4.78, 5) is 11.4. The number of nitrogens with one attached hydrogen (secondary N) is 2. The Morgan fingerprint density at radius 1 is 0.971 bits per heavy atom. The maximum Gasteiger partial charge on any atom is 0.242 e. The first-order chi connectivity index (χ1) is 16.2. The zero-order valence-corrected chi connectivity index (χ0v) is 21.6. The van der Waals surface area contributed by atoms with Crippen LogP contribution in [0.4, 0.5) is 11.8 Å². The lowest BCUT2D eigenvalue weighted by atomic mass is 9.82. The van der Waals surface area contributed by atoms with E-state index in [0.29, 0.717) is 29.4 Å². The van der Waals surface area contributed by atoms with E-state index in [4.69, 9.17) is 28.2 Å². The molecule has 0 amide bonds. The van der Waals surface area contributed by atoms with E-state index in [-0.39, 0.29) is 9.92 Å². The van der Waals surface area contributed by atoms with Gasteiger partial charge in [-0.25, -0.2) is 18.1 Å². The number of halogens is 2. The quantitative estimate of drug-likeness (QED) is 0.423. The third kappa shape index (κ3) is 5.92. The van der Waals surface area contributed by atoms with Crippen molar-refractivity contribution >= 4 is 55.9 Å². The van der Waals surface area contributed by atoms with Crippen molar-refractivity contribution in [3.05, 3.63) is 52.5 Å². The standard InChI is InChI=1S/C24H29Cl2N5O2S/c1-31(2)23-19-5-3-4-6-21(19)29-24(30-23)27-14-16-7-9-17(10-8-16)15-28-34(32,33)22-13-18(25)11-12-20(22)26/h3-6,11-13,16-17,28H,7-10,14-15H2,1-2H3,(H,27,29,30)/t16-,17-. The number of hydrogen-bond donors (Lipinski definition) is 2. The second kappa shape index (κ2) is 10.6. The van der Waals surface area contributed by atoms with Crippen LogP contribution >= 0.6 is 23.2 Å². The Labute approximate surface area is 210 Å². The molecule has 34 heavy (non-hydrogen) atoms. The van der Waals surface area contributed by atoms with Gasteiger partial charge in [-0.2, -0.15) is 4.98 Å². The Kier molecular flexibility index (Phi) is 7.82. The Balaban J connectivity index is 1.30. The number of sulfonamides is 1. The van der Waals surface area contributed by atoms with E-state index in [0.717, 1.165) is 48.9 Å². The smallest absolute Gasteiger partial charge is 0.242 e. The summed E-state index contributed by atoms with van der Waals surface area (Å²) in [5, 5.41) is 4.95. The molecule has 1 aliphatic rings. The second-order valence-electron chi connectivity index (χ2n) is 8.98. The van der Waals surface area contributed by atoms with E-state index < -0.39 is 10.0 Å². The predicted molar refractivity (Wildman–Crippen MR) is 139 cm³/mol. The van der Waals surface area contributed by atoms with Crippen LogP contribution in [-0.4, -0.2) is 45.6 Å². The summed E-state index contributed by atoms with van der Waals surface area (Å²) in [6.07, 6.45) is 3.95. The van der Waals surface area contributed by atoms with Crippen LogP contribution in [0.25, 0.3) is 10.9 Å². The molecule has 0 atom stereocenters. The highest BCUT2D eigenvalue weighted by Gasteiger charge is 2.25. The average Bonchev–Trinajstić information content (AvgIpc) is 2.83. The van der Waals surface area contributed by atoms with Gasteiger partial charge in [0.15, 0.2) is 0 Å². The molecule has 1 aromatic heterocycles. The molecule has 3 aromatic rings. The van der Waals surface area contributed by atoms with Crippen molar-refractivity contribution < 1.29 is 8.42 Å². The highest BCUT2D eigenvalue weighted by atomic mass is 35.5. The molecular weight excluding hydrogens is 493 g/mol. The van der Waals surface area contributed by atoms with E-state index in [1.54, 1.807) is 6.07 Å². The number of hydrogen-bond acceptors (Lipinski definition) is 6. The summed E-state index contributed by atoms with van der Waals surface area (Å²) < 4.78 is 28.0. The number of anilines is 2. The van der Waals surface area contributed by atoms with Crippen LogP contribution in [0, 0.1) is 11.8 Å². The Bertz CT molecular complexity index is 1260. The van der Waals surface area contributed by atoms with Gasteiger partial charge in [0.2, 0.25) is 16.0 Å². The van der Waals surface area contributed by atoms with Crippen molar-refractivity contribution in [2.24, 2.45) is 11.8 Å². The van der Waals surface area contributed by atoms with Gasteiger partial charge in [0, 0.05) is 37.6 Å². The van der Waals surface area contributed by atoms with Crippen molar-refractivity contribution in [1.29, 1.82) is 0 Å². The van der Waals surface area contributed by atoms with Gasteiger partial charge >= 0.3 is 0 Å². The van der Waals surface area contributed by atoms with Crippen LogP contribution < -0.4 is 14.9 Å². The summed E-state index contributed by atoms with van der Waals surface area (Å²) in [7, 11) is 0.260. The van der Waals surface area contributed by atoms with E-state index in [1.807, 2.05) is 43.3 Å². The number of rotatable bonds is 8. The van der Waals surface area contributed by atoms with Crippen LogP contribution in [0.3, 0.4) is 0 Å². The zero-order chi connectivity index (χ0) is 24.3. The summed E-state index contributed by atoms with van der Waals surface area (Å²) in [5.74, 6) is 2.31. The molecular formula is C24H29Cl2N5O2S. The Morgan fingerprint density at radius 2 is 1.65 bits per heavy atom. The number of para-hydroxylation sites is 1. The Hall–Kier alpha value is -2.13. The van der Waals surface area contributed by atoms with Crippen LogP contribution in [-0.2, 0) is 10.0 Å². The van der Waals surface area contributed by atoms with Crippen molar-refractivity contribution in [1.82, 2.24) is 14.7 Å². The van der Waals surface area contributed by atoms with E-state index in [2.05, 4.69) is 15.0 Å². The van der Waals surface area contributed by atoms with E-state index in [9.17, 15) is 8.42 Å². The maximum atomic E-state index is 12.7. The van der Waals surface area contributed by atoms with Crippen LogP contribution in [0.15, 0.2) is 47.4 Å². The fraction of sp³-hybridized carbons (Fsp3) is 0.417. The summed E-state index contributed by atoms with van der Waals surface area (Å²) >= 11 is 12.0. The van der Waals surface area contributed by atoms with Gasteiger partial charge in [-0.1, -0.05) is 35.3 Å². The second-order valence-corrected chi connectivity index (χ2v) is 11.6. The minimum Gasteiger partial charge on any atom is -0.362 e. The molecule has 7 nitrogen and oxygen atoms in total. The number of aromatic nitrogens is 2. The molecule has 0 spiro atoms. The molecule has 10 heteroatoms. The maximum absolute atomic E-state index is 12.7. The molecule has 1 fully saturated rings. The molecule has 0 bridgehead atoms. The van der Waals surface area contributed by atoms with Crippen LogP contribution in [0.2, 0.25) is 10.0 Å². The summed E-state index contributed by atoms with van der Waals surface area (Å²) in [6.45, 7) is 1.19. The van der Waals surface area contributed by atoms with Gasteiger partial charge in [0.05, 0.1) is 10.5 Å². The third-order valence-electron chi connectivity index (χ3n) is 6.27. The van der Waals surface area contributed by atoms with Gasteiger partial charge < -0.3 is 10.2 Å². The van der Waals surface area contributed by atoms with Gasteiger partial charge in [0.25, 0.3) is 0 Å². The van der Waals surface area contributed by atoms with Crippen molar-refractivity contribution in [3.8, 4) is 0 Å². The van der Waals surface area contributed by atoms with Crippen molar-refractivity contribution in [2.45, 2.75) is 30.6 Å².